The van der Waals surface area contributed by atoms with Crippen LogP contribution in [0.15, 0.2) is 66.7 Å². The zero-order valence-electron chi connectivity index (χ0n) is 15.1. The van der Waals surface area contributed by atoms with Crippen molar-refractivity contribution in [3.8, 4) is 16.3 Å². The number of halogens is 1. The summed E-state index contributed by atoms with van der Waals surface area (Å²) in [5.74, 6) is 0.415. The fourth-order valence-electron chi connectivity index (χ4n) is 2.80. The number of thiazole rings is 1. The summed E-state index contributed by atoms with van der Waals surface area (Å²) in [6.45, 7) is 1.85. The number of para-hydroxylation sites is 2. The Balaban J connectivity index is 1.50. The first-order chi connectivity index (χ1) is 13.6. The molecule has 1 N–H and O–H groups in total. The number of hydrogen-bond acceptors (Lipinski definition) is 4. The molecular formula is C22H17ClN2O2S. The van der Waals surface area contributed by atoms with Gasteiger partial charge in [-0.3, -0.25) is 4.79 Å². The van der Waals surface area contributed by atoms with Crippen LogP contribution in [0.5, 0.6) is 5.75 Å². The van der Waals surface area contributed by atoms with E-state index in [0.717, 1.165) is 26.4 Å². The highest BCUT2D eigenvalue weighted by Gasteiger charge is 2.12. The maximum Gasteiger partial charge on any atom is 0.262 e. The number of ether oxygens (including phenoxy) is 1. The molecule has 0 spiro atoms. The van der Waals surface area contributed by atoms with Gasteiger partial charge >= 0.3 is 0 Å². The number of carbonyl (C=O) groups is 1. The SMILES string of the molecule is Cc1ccccc1OCC(=O)Nc1cc(-c2nc3ccccc3s2)ccc1Cl. The van der Waals surface area contributed by atoms with Gasteiger partial charge in [0.15, 0.2) is 6.61 Å². The van der Waals surface area contributed by atoms with Crippen molar-refractivity contribution in [2.24, 2.45) is 0 Å². The number of anilines is 1. The second-order valence-corrected chi connectivity index (χ2v) is 7.72. The van der Waals surface area contributed by atoms with Crippen LogP contribution in [0, 0.1) is 6.92 Å². The van der Waals surface area contributed by atoms with Crippen LogP contribution in [-0.4, -0.2) is 17.5 Å². The van der Waals surface area contributed by atoms with Crippen molar-refractivity contribution in [3.05, 3.63) is 77.3 Å². The van der Waals surface area contributed by atoms with Crippen LogP contribution in [0.1, 0.15) is 5.56 Å². The minimum Gasteiger partial charge on any atom is -0.483 e. The molecule has 1 heterocycles. The predicted molar refractivity (Wildman–Crippen MR) is 115 cm³/mol. The number of benzene rings is 3. The molecule has 0 saturated heterocycles. The van der Waals surface area contributed by atoms with Gasteiger partial charge in [0, 0.05) is 5.56 Å². The minimum atomic E-state index is -0.272. The Morgan fingerprint density at radius 2 is 1.89 bits per heavy atom. The molecule has 3 aromatic carbocycles. The van der Waals surface area contributed by atoms with Crippen LogP contribution in [0.4, 0.5) is 5.69 Å². The van der Waals surface area contributed by atoms with E-state index in [1.54, 1.807) is 17.4 Å². The monoisotopic (exact) mass is 408 g/mol. The van der Waals surface area contributed by atoms with E-state index >= 15 is 0 Å². The van der Waals surface area contributed by atoms with E-state index in [1.165, 1.54) is 0 Å². The largest absolute Gasteiger partial charge is 0.483 e. The van der Waals surface area contributed by atoms with E-state index in [-0.39, 0.29) is 12.5 Å². The first kappa shape index (κ1) is 18.5. The van der Waals surface area contributed by atoms with Crippen LogP contribution < -0.4 is 10.1 Å². The molecule has 4 nitrogen and oxygen atoms in total. The molecule has 4 rings (SSSR count). The van der Waals surface area contributed by atoms with E-state index in [2.05, 4.69) is 10.3 Å². The summed E-state index contributed by atoms with van der Waals surface area (Å²) in [5, 5.41) is 4.17. The Hall–Kier alpha value is -2.89. The zero-order chi connectivity index (χ0) is 19.5. The number of nitrogens with one attached hydrogen (secondary N) is 1. The molecule has 0 unspecified atom stereocenters. The summed E-state index contributed by atoms with van der Waals surface area (Å²) in [7, 11) is 0. The van der Waals surface area contributed by atoms with Crippen molar-refractivity contribution in [2.45, 2.75) is 6.92 Å². The van der Waals surface area contributed by atoms with Gasteiger partial charge in [-0.15, -0.1) is 11.3 Å². The lowest BCUT2D eigenvalue weighted by molar-refractivity contribution is -0.118. The van der Waals surface area contributed by atoms with Gasteiger partial charge < -0.3 is 10.1 Å². The number of nitrogens with zero attached hydrogens (tertiary/aromatic N) is 1. The molecule has 4 aromatic rings. The molecule has 0 aliphatic heterocycles. The second kappa shape index (κ2) is 8.00. The summed E-state index contributed by atoms with van der Waals surface area (Å²) in [5.41, 5.74) is 3.37. The van der Waals surface area contributed by atoms with Crippen LogP contribution >= 0.6 is 22.9 Å². The van der Waals surface area contributed by atoms with Gasteiger partial charge in [-0.05, 0) is 42.8 Å². The highest BCUT2D eigenvalue weighted by Crippen LogP contribution is 2.33. The first-order valence-corrected chi connectivity index (χ1v) is 9.93. The van der Waals surface area contributed by atoms with Crippen molar-refractivity contribution in [2.75, 3.05) is 11.9 Å². The van der Waals surface area contributed by atoms with Gasteiger partial charge in [0.05, 0.1) is 20.9 Å². The van der Waals surface area contributed by atoms with E-state index in [0.29, 0.717) is 16.5 Å². The number of carbonyl (C=O) groups excluding carboxylic acids is 1. The number of hydrogen-bond donors (Lipinski definition) is 1. The third-order valence-corrected chi connectivity index (χ3v) is 5.65. The van der Waals surface area contributed by atoms with Crippen molar-refractivity contribution in [3.63, 3.8) is 0 Å². The summed E-state index contributed by atoms with van der Waals surface area (Å²) in [4.78, 5) is 17.0. The average molecular weight is 409 g/mol. The number of aryl methyl sites for hydroxylation is 1. The fourth-order valence-corrected chi connectivity index (χ4v) is 3.92. The second-order valence-electron chi connectivity index (χ2n) is 6.28. The Morgan fingerprint density at radius 1 is 1.11 bits per heavy atom. The highest BCUT2D eigenvalue weighted by molar-refractivity contribution is 7.21. The molecule has 140 valence electrons. The van der Waals surface area contributed by atoms with E-state index in [1.807, 2.05) is 67.6 Å². The van der Waals surface area contributed by atoms with E-state index < -0.39 is 0 Å². The fraction of sp³-hybridized carbons (Fsp3) is 0.0909. The number of rotatable bonds is 5. The lowest BCUT2D eigenvalue weighted by Crippen LogP contribution is -2.20. The Morgan fingerprint density at radius 3 is 2.71 bits per heavy atom. The van der Waals surface area contributed by atoms with Gasteiger partial charge in [0.2, 0.25) is 0 Å². The molecule has 0 bridgehead atoms. The van der Waals surface area contributed by atoms with Crippen LogP contribution in [0.2, 0.25) is 5.02 Å². The summed E-state index contributed by atoms with van der Waals surface area (Å²) in [6.07, 6.45) is 0. The van der Waals surface area contributed by atoms with Gasteiger partial charge in [-0.25, -0.2) is 4.98 Å². The normalized spacial score (nSPS) is 10.8. The van der Waals surface area contributed by atoms with E-state index in [4.69, 9.17) is 16.3 Å². The lowest BCUT2D eigenvalue weighted by atomic mass is 10.2. The molecule has 1 aromatic heterocycles. The third kappa shape index (κ3) is 4.01. The van der Waals surface area contributed by atoms with Crippen molar-refractivity contribution < 1.29 is 9.53 Å². The van der Waals surface area contributed by atoms with Crippen molar-refractivity contribution >= 4 is 44.7 Å². The third-order valence-electron chi connectivity index (χ3n) is 4.23. The number of aromatic nitrogens is 1. The Labute approximate surface area is 171 Å². The minimum absolute atomic E-state index is 0.0907. The van der Waals surface area contributed by atoms with Gasteiger partial charge in [0.1, 0.15) is 10.8 Å². The van der Waals surface area contributed by atoms with Crippen LogP contribution in [0.25, 0.3) is 20.8 Å². The Bertz CT molecular complexity index is 1120. The van der Waals surface area contributed by atoms with Gasteiger partial charge in [0.25, 0.3) is 5.91 Å². The van der Waals surface area contributed by atoms with Gasteiger partial charge in [-0.1, -0.05) is 48.0 Å². The standard InChI is InChI=1S/C22H17ClN2O2S/c1-14-6-2-4-8-19(14)27-13-21(26)24-18-12-15(10-11-16(18)23)22-25-17-7-3-5-9-20(17)28-22/h2-12H,13H2,1H3,(H,24,26). The molecule has 6 heteroatoms. The molecule has 0 saturated carbocycles. The molecule has 0 aliphatic carbocycles. The molecule has 28 heavy (non-hydrogen) atoms. The summed E-state index contributed by atoms with van der Waals surface area (Å²) in [6, 6.07) is 21.1. The molecule has 1 amide bonds. The van der Waals surface area contributed by atoms with Gasteiger partial charge in [-0.2, -0.15) is 0 Å². The molecule has 0 radical (unpaired) electrons. The quantitative estimate of drug-likeness (QED) is 0.444. The zero-order valence-corrected chi connectivity index (χ0v) is 16.7. The van der Waals surface area contributed by atoms with Crippen LogP contribution in [-0.2, 0) is 4.79 Å². The Kier molecular flexibility index (Phi) is 5.28. The van der Waals surface area contributed by atoms with E-state index in [9.17, 15) is 4.79 Å². The molecule has 0 atom stereocenters. The predicted octanol–water partition coefficient (Wildman–Crippen LogP) is 5.94. The summed E-state index contributed by atoms with van der Waals surface area (Å²) >= 11 is 7.88. The molecular weight excluding hydrogens is 392 g/mol. The number of fused-ring (bicyclic) bond motifs is 1. The average Bonchev–Trinajstić information content (AvgIpc) is 3.13. The molecule has 0 fully saturated rings. The highest BCUT2D eigenvalue weighted by atomic mass is 35.5. The van der Waals surface area contributed by atoms with Crippen LogP contribution in [0.3, 0.4) is 0 Å². The topological polar surface area (TPSA) is 51.2 Å². The van der Waals surface area contributed by atoms with Crippen molar-refractivity contribution in [1.29, 1.82) is 0 Å². The molecule has 0 aliphatic rings. The smallest absolute Gasteiger partial charge is 0.262 e. The first-order valence-electron chi connectivity index (χ1n) is 8.74. The van der Waals surface area contributed by atoms with Crippen molar-refractivity contribution in [1.82, 2.24) is 4.98 Å². The maximum atomic E-state index is 12.3. The summed E-state index contributed by atoms with van der Waals surface area (Å²) < 4.78 is 6.72. The number of amides is 1. The lowest BCUT2D eigenvalue weighted by Gasteiger charge is -2.11. The maximum absolute atomic E-state index is 12.3.